The zero-order chi connectivity index (χ0) is 22.8. The number of Topliss-reactive ketones (excluding diaryl/α,β-unsaturated/α-hetero) is 1. The molecule has 33 heavy (non-hydrogen) atoms. The summed E-state index contributed by atoms with van der Waals surface area (Å²) in [5.41, 5.74) is 5.89. The minimum Gasteiger partial charge on any atom is -0.493 e. The van der Waals surface area contributed by atoms with Gasteiger partial charge in [0.15, 0.2) is 17.3 Å². The number of anilines is 2. The van der Waals surface area contributed by atoms with Crippen LogP contribution in [0.15, 0.2) is 84.1 Å². The van der Waals surface area contributed by atoms with E-state index in [1.54, 1.807) is 7.11 Å². The van der Waals surface area contributed by atoms with Crippen LogP contribution in [-0.4, -0.2) is 19.5 Å². The number of ketones is 1. The zero-order valence-corrected chi connectivity index (χ0v) is 18.9. The van der Waals surface area contributed by atoms with E-state index in [0.29, 0.717) is 24.5 Å². The molecule has 0 fully saturated rings. The summed E-state index contributed by atoms with van der Waals surface area (Å²) in [6, 6.07) is 24.0. The van der Waals surface area contributed by atoms with Crippen molar-refractivity contribution in [3.05, 3.63) is 95.2 Å². The number of methoxy groups -OCH3 is 1. The molecule has 5 heteroatoms. The normalized spacial score (nSPS) is 19.5. The lowest BCUT2D eigenvalue weighted by Crippen LogP contribution is -2.26. The second-order valence-corrected chi connectivity index (χ2v) is 8.42. The van der Waals surface area contributed by atoms with E-state index >= 15 is 0 Å². The molecule has 0 aromatic heterocycles. The molecule has 0 bridgehead atoms. The highest BCUT2D eigenvalue weighted by Gasteiger charge is 2.36. The first-order valence-corrected chi connectivity index (χ1v) is 11.4. The van der Waals surface area contributed by atoms with Crippen LogP contribution in [0.3, 0.4) is 0 Å². The van der Waals surface area contributed by atoms with E-state index in [0.717, 1.165) is 34.6 Å². The molecule has 5 rings (SSSR count). The van der Waals surface area contributed by atoms with E-state index < -0.39 is 0 Å². The van der Waals surface area contributed by atoms with Gasteiger partial charge < -0.3 is 20.1 Å². The third-order valence-electron chi connectivity index (χ3n) is 6.40. The number of allylic oxidation sites excluding steroid dienone is 1. The first-order valence-electron chi connectivity index (χ1n) is 11.4. The molecule has 3 aromatic carbocycles. The standard InChI is InChI=1S/C28H28N2O3/c1-3-33-25-14-13-19(17-26(25)32-2)28-27-23(29-21-11-7-8-12-22(21)30-28)15-20(16-24(27)31)18-9-5-4-6-10-18/h4-14,17,20,28-30H,3,15-16H2,1-2H3/t20-,28-/m1/s1. The Morgan fingerprint density at radius 2 is 1.64 bits per heavy atom. The average Bonchev–Trinajstić information content (AvgIpc) is 3.02. The van der Waals surface area contributed by atoms with Crippen molar-refractivity contribution in [2.45, 2.75) is 31.7 Å². The summed E-state index contributed by atoms with van der Waals surface area (Å²) < 4.78 is 11.3. The Kier molecular flexibility index (Phi) is 5.78. The number of hydrogen-bond acceptors (Lipinski definition) is 5. The van der Waals surface area contributed by atoms with Crippen LogP contribution in [0.5, 0.6) is 11.5 Å². The predicted octanol–water partition coefficient (Wildman–Crippen LogP) is 6.07. The Labute approximate surface area is 194 Å². The Hall–Kier alpha value is -3.73. The van der Waals surface area contributed by atoms with Crippen molar-refractivity contribution in [1.29, 1.82) is 0 Å². The molecule has 0 unspecified atom stereocenters. The van der Waals surface area contributed by atoms with Crippen molar-refractivity contribution in [3.8, 4) is 11.5 Å². The van der Waals surface area contributed by atoms with Gasteiger partial charge in [-0.15, -0.1) is 0 Å². The Morgan fingerprint density at radius 1 is 0.879 bits per heavy atom. The summed E-state index contributed by atoms with van der Waals surface area (Å²) >= 11 is 0. The average molecular weight is 441 g/mol. The van der Waals surface area contributed by atoms with Gasteiger partial charge in [0.05, 0.1) is 31.1 Å². The van der Waals surface area contributed by atoms with Crippen LogP contribution in [0, 0.1) is 0 Å². The fourth-order valence-corrected chi connectivity index (χ4v) is 4.84. The highest BCUT2D eigenvalue weighted by atomic mass is 16.5. The lowest BCUT2D eigenvalue weighted by molar-refractivity contribution is -0.116. The second-order valence-electron chi connectivity index (χ2n) is 8.42. The van der Waals surface area contributed by atoms with Gasteiger partial charge in [0.2, 0.25) is 0 Å². The van der Waals surface area contributed by atoms with Crippen LogP contribution in [0.2, 0.25) is 0 Å². The maximum Gasteiger partial charge on any atom is 0.163 e. The molecule has 1 aliphatic carbocycles. The SMILES string of the molecule is CCOc1ccc([C@H]2Nc3ccccc3NC3=C2C(=O)C[C@H](c2ccccc2)C3)cc1OC. The number of rotatable bonds is 5. The fourth-order valence-electron chi connectivity index (χ4n) is 4.84. The van der Waals surface area contributed by atoms with Crippen molar-refractivity contribution < 1.29 is 14.3 Å². The third-order valence-corrected chi connectivity index (χ3v) is 6.40. The van der Waals surface area contributed by atoms with E-state index in [1.165, 1.54) is 5.56 Å². The van der Waals surface area contributed by atoms with Crippen LogP contribution in [-0.2, 0) is 4.79 Å². The minimum absolute atomic E-state index is 0.158. The van der Waals surface area contributed by atoms with Crippen molar-refractivity contribution in [1.82, 2.24) is 0 Å². The van der Waals surface area contributed by atoms with Crippen LogP contribution in [0.4, 0.5) is 11.4 Å². The van der Waals surface area contributed by atoms with Gasteiger partial charge in [0.1, 0.15) is 0 Å². The summed E-state index contributed by atoms with van der Waals surface area (Å²) in [4.78, 5) is 13.6. The second kappa shape index (κ2) is 9.02. The van der Waals surface area contributed by atoms with Crippen LogP contribution in [0.1, 0.15) is 42.9 Å². The highest BCUT2D eigenvalue weighted by Crippen LogP contribution is 2.45. The molecule has 0 saturated heterocycles. The molecule has 168 valence electrons. The lowest BCUT2D eigenvalue weighted by atomic mass is 9.78. The maximum absolute atomic E-state index is 13.6. The van der Waals surface area contributed by atoms with Crippen molar-refractivity contribution in [3.63, 3.8) is 0 Å². The van der Waals surface area contributed by atoms with Gasteiger partial charge in [0, 0.05) is 17.7 Å². The molecule has 0 saturated carbocycles. The molecule has 2 N–H and O–H groups in total. The van der Waals surface area contributed by atoms with E-state index in [2.05, 4.69) is 22.8 Å². The first-order chi connectivity index (χ1) is 16.2. The molecule has 2 atom stereocenters. The topological polar surface area (TPSA) is 59.6 Å². The van der Waals surface area contributed by atoms with Gasteiger partial charge in [-0.2, -0.15) is 0 Å². The first kappa shape index (κ1) is 21.1. The van der Waals surface area contributed by atoms with Crippen molar-refractivity contribution >= 4 is 17.2 Å². The fraction of sp³-hybridized carbons (Fsp3) is 0.250. The van der Waals surface area contributed by atoms with E-state index in [9.17, 15) is 4.79 Å². The smallest absolute Gasteiger partial charge is 0.163 e. The zero-order valence-electron chi connectivity index (χ0n) is 18.9. The van der Waals surface area contributed by atoms with Gasteiger partial charge in [0.25, 0.3) is 0 Å². The molecule has 5 nitrogen and oxygen atoms in total. The number of nitrogens with one attached hydrogen (secondary N) is 2. The van der Waals surface area contributed by atoms with Crippen LogP contribution in [0.25, 0.3) is 0 Å². The number of para-hydroxylation sites is 2. The number of hydrogen-bond donors (Lipinski definition) is 2. The summed E-state index contributed by atoms with van der Waals surface area (Å²) in [5, 5.41) is 7.22. The number of fused-ring (bicyclic) bond motifs is 1. The van der Waals surface area contributed by atoms with Crippen molar-refractivity contribution in [2.75, 3.05) is 24.4 Å². The van der Waals surface area contributed by atoms with Crippen LogP contribution >= 0.6 is 0 Å². The summed E-state index contributed by atoms with van der Waals surface area (Å²) in [7, 11) is 1.64. The summed E-state index contributed by atoms with van der Waals surface area (Å²) in [5.74, 6) is 1.68. The molecule has 0 spiro atoms. The van der Waals surface area contributed by atoms with E-state index in [1.807, 2.05) is 67.6 Å². The summed E-state index contributed by atoms with van der Waals surface area (Å²) in [6.45, 7) is 2.51. The quantitative estimate of drug-likeness (QED) is 0.504. The Balaban J connectivity index is 1.60. The molecule has 0 radical (unpaired) electrons. The third kappa shape index (κ3) is 4.07. The molecule has 0 amide bonds. The molecule has 2 aliphatic rings. The Morgan fingerprint density at radius 3 is 2.39 bits per heavy atom. The van der Waals surface area contributed by atoms with Crippen LogP contribution < -0.4 is 20.1 Å². The number of ether oxygens (including phenoxy) is 2. The lowest BCUT2D eigenvalue weighted by Gasteiger charge is -2.30. The van der Waals surface area contributed by atoms with Gasteiger partial charge >= 0.3 is 0 Å². The number of benzene rings is 3. The van der Waals surface area contributed by atoms with Gasteiger partial charge in [-0.1, -0.05) is 48.5 Å². The molecule has 1 heterocycles. The molecule has 1 aliphatic heterocycles. The maximum atomic E-state index is 13.6. The predicted molar refractivity (Wildman–Crippen MR) is 131 cm³/mol. The van der Waals surface area contributed by atoms with E-state index in [-0.39, 0.29) is 17.7 Å². The largest absolute Gasteiger partial charge is 0.493 e. The number of carbonyl (C=O) groups is 1. The van der Waals surface area contributed by atoms with Crippen molar-refractivity contribution in [2.24, 2.45) is 0 Å². The molecular formula is C28H28N2O3. The highest BCUT2D eigenvalue weighted by molar-refractivity contribution is 6.01. The minimum atomic E-state index is -0.287. The number of carbonyl (C=O) groups excluding carboxylic acids is 1. The van der Waals surface area contributed by atoms with Gasteiger partial charge in [-0.25, -0.2) is 0 Å². The monoisotopic (exact) mass is 440 g/mol. The molecule has 3 aromatic rings. The summed E-state index contributed by atoms with van der Waals surface area (Å²) in [6.07, 6.45) is 1.28. The Bertz CT molecular complexity index is 1200. The molecular weight excluding hydrogens is 412 g/mol. The van der Waals surface area contributed by atoms with Gasteiger partial charge in [-0.3, -0.25) is 4.79 Å². The van der Waals surface area contributed by atoms with Gasteiger partial charge in [-0.05, 0) is 54.7 Å². The van der Waals surface area contributed by atoms with E-state index in [4.69, 9.17) is 9.47 Å².